The van der Waals surface area contributed by atoms with E-state index in [2.05, 4.69) is 5.32 Å². The molecule has 1 unspecified atom stereocenters. The fraction of sp³-hybridized carbons (Fsp3) is 0.471. The number of benzene rings is 1. The van der Waals surface area contributed by atoms with Gasteiger partial charge in [-0.15, -0.1) is 0 Å². The maximum Gasteiger partial charge on any atom is 0.408 e. The third kappa shape index (κ3) is 7.73. The lowest BCUT2D eigenvalue weighted by molar-refractivity contribution is -0.156. The highest BCUT2D eigenvalue weighted by Crippen LogP contribution is 2.10. The minimum atomic E-state index is -1.20. The summed E-state index contributed by atoms with van der Waals surface area (Å²) < 4.78 is 10.1. The van der Waals surface area contributed by atoms with E-state index in [9.17, 15) is 14.4 Å². The van der Waals surface area contributed by atoms with Crippen molar-refractivity contribution in [2.24, 2.45) is 0 Å². The number of ketones is 1. The molecule has 132 valence electrons. The summed E-state index contributed by atoms with van der Waals surface area (Å²) in [5, 5.41) is 11.3. The van der Waals surface area contributed by atoms with Gasteiger partial charge in [-0.25, -0.2) is 4.79 Å². The highest BCUT2D eigenvalue weighted by atomic mass is 16.6. The van der Waals surface area contributed by atoms with E-state index >= 15 is 0 Å². The Morgan fingerprint density at radius 3 is 2.33 bits per heavy atom. The Balaban J connectivity index is 2.57. The first-order valence-corrected chi connectivity index (χ1v) is 7.54. The number of Topliss-reactive ketones (excluding diaryl/α,β-unsaturated/α-hetero) is 1. The van der Waals surface area contributed by atoms with E-state index in [0.29, 0.717) is 0 Å². The molecule has 0 aliphatic rings. The van der Waals surface area contributed by atoms with Gasteiger partial charge >= 0.3 is 12.1 Å². The number of alkyl carbamates (subject to hydrolysis) is 1. The molecule has 0 bridgehead atoms. The number of rotatable bonds is 7. The summed E-state index contributed by atoms with van der Waals surface area (Å²) in [6.45, 7) is 4.30. The standard InChI is InChI=1S/C17H23NO6/c1-17(2,3)24-15(21)9-13(14(20)10-19)18-16(22)23-11-12-7-5-4-6-8-12/h4-8,13,19H,9-11H2,1-3H3,(H,18,22). The SMILES string of the molecule is CC(C)(C)OC(=O)CC(NC(=O)OCc1ccccc1)C(=O)CO. The maximum atomic E-state index is 11.8. The number of aliphatic hydroxyl groups is 1. The van der Waals surface area contributed by atoms with Gasteiger partial charge in [0, 0.05) is 0 Å². The van der Waals surface area contributed by atoms with Crippen LogP contribution in [0.1, 0.15) is 32.8 Å². The highest BCUT2D eigenvalue weighted by Gasteiger charge is 2.26. The normalized spacial score (nSPS) is 12.2. The Morgan fingerprint density at radius 1 is 1.17 bits per heavy atom. The number of carbonyl (C=O) groups excluding carboxylic acids is 3. The predicted octanol–water partition coefficient (Wildman–Crippen LogP) is 1.57. The molecular weight excluding hydrogens is 314 g/mol. The van der Waals surface area contributed by atoms with Crippen LogP contribution in [0.25, 0.3) is 0 Å². The molecule has 0 aromatic heterocycles. The summed E-state index contributed by atoms with van der Waals surface area (Å²) in [6.07, 6.45) is -1.23. The van der Waals surface area contributed by atoms with E-state index < -0.39 is 36.1 Å². The molecule has 7 nitrogen and oxygen atoms in total. The molecule has 0 aliphatic carbocycles. The van der Waals surface area contributed by atoms with Gasteiger partial charge in [-0.2, -0.15) is 0 Å². The van der Waals surface area contributed by atoms with E-state index in [4.69, 9.17) is 14.6 Å². The molecule has 1 aromatic carbocycles. The zero-order valence-corrected chi connectivity index (χ0v) is 14.1. The lowest BCUT2D eigenvalue weighted by Crippen LogP contribution is -2.44. The molecule has 0 heterocycles. The molecule has 0 saturated carbocycles. The monoisotopic (exact) mass is 337 g/mol. The van der Waals surface area contributed by atoms with Crippen molar-refractivity contribution in [1.82, 2.24) is 5.32 Å². The van der Waals surface area contributed by atoms with Crippen molar-refractivity contribution >= 4 is 17.8 Å². The second-order valence-corrected chi connectivity index (χ2v) is 6.17. The number of hydrogen-bond acceptors (Lipinski definition) is 6. The first kappa shape index (κ1) is 19.6. The molecule has 1 aromatic rings. The second kappa shape index (κ2) is 9.02. The molecule has 0 spiro atoms. The van der Waals surface area contributed by atoms with Gasteiger partial charge in [0.05, 0.1) is 6.42 Å². The molecule has 2 N–H and O–H groups in total. The quantitative estimate of drug-likeness (QED) is 0.732. The molecule has 0 fully saturated rings. The van der Waals surface area contributed by atoms with Crippen LogP contribution in [-0.2, 0) is 25.7 Å². The van der Waals surface area contributed by atoms with Gasteiger partial charge in [-0.1, -0.05) is 30.3 Å². The van der Waals surface area contributed by atoms with Crippen molar-refractivity contribution in [2.75, 3.05) is 6.61 Å². The van der Waals surface area contributed by atoms with Crippen LogP contribution in [0.15, 0.2) is 30.3 Å². The molecule has 0 radical (unpaired) electrons. The van der Waals surface area contributed by atoms with Crippen molar-refractivity contribution in [3.63, 3.8) is 0 Å². The summed E-state index contributed by atoms with van der Waals surface area (Å²) in [5.74, 6) is -1.35. The molecule has 0 saturated heterocycles. The molecule has 0 aliphatic heterocycles. The van der Waals surface area contributed by atoms with Crippen LogP contribution in [0, 0.1) is 0 Å². The molecule has 7 heteroatoms. The number of nitrogens with one attached hydrogen (secondary N) is 1. The highest BCUT2D eigenvalue weighted by molar-refractivity contribution is 5.91. The third-order valence-electron chi connectivity index (χ3n) is 2.84. The first-order chi connectivity index (χ1) is 11.2. The topological polar surface area (TPSA) is 102 Å². The zero-order valence-electron chi connectivity index (χ0n) is 14.1. The fourth-order valence-corrected chi connectivity index (χ4v) is 1.81. The van der Waals surface area contributed by atoms with Crippen LogP contribution in [-0.4, -0.2) is 41.2 Å². The number of carbonyl (C=O) groups is 3. The van der Waals surface area contributed by atoms with Crippen LogP contribution in [0.3, 0.4) is 0 Å². The summed E-state index contributed by atoms with van der Waals surface area (Å²) in [4.78, 5) is 35.3. The van der Waals surface area contributed by atoms with Gasteiger partial charge in [0.2, 0.25) is 0 Å². The second-order valence-electron chi connectivity index (χ2n) is 6.17. The van der Waals surface area contributed by atoms with Gasteiger partial charge in [-0.3, -0.25) is 9.59 Å². The average Bonchev–Trinajstić information content (AvgIpc) is 2.50. The van der Waals surface area contributed by atoms with Crippen LogP contribution in [0.5, 0.6) is 0 Å². The minimum Gasteiger partial charge on any atom is -0.460 e. The maximum absolute atomic E-state index is 11.8. The smallest absolute Gasteiger partial charge is 0.408 e. The van der Waals surface area contributed by atoms with Crippen LogP contribution >= 0.6 is 0 Å². The Morgan fingerprint density at radius 2 is 1.79 bits per heavy atom. The molecular formula is C17H23NO6. The summed E-state index contributed by atoms with van der Waals surface area (Å²) in [5.41, 5.74) is 0.0716. The molecule has 24 heavy (non-hydrogen) atoms. The number of esters is 1. The van der Waals surface area contributed by atoms with E-state index in [0.717, 1.165) is 5.56 Å². The Hall–Kier alpha value is -2.41. The zero-order chi connectivity index (χ0) is 18.2. The molecule has 1 atom stereocenters. The summed E-state index contributed by atoms with van der Waals surface area (Å²) in [7, 11) is 0. The molecule has 1 rings (SSSR count). The fourth-order valence-electron chi connectivity index (χ4n) is 1.81. The van der Waals surface area contributed by atoms with E-state index in [1.165, 1.54) is 0 Å². The van der Waals surface area contributed by atoms with Gasteiger partial charge in [0.15, 0.2) is 5.78 Å². The van der Waals surface area contributed by atoms with Crippen molar-refractivity contribution in [3.05, 3.63) is 35.9 Å². The van der Waals surface area contributed by atoms with Gasteiger partial charge in [0.25, 0.3) is 0 Å². The van der Waals surface area contributed by atoms with E-state index in [1.807, 2.05) is 6.07 Å². The number of ether oxygens (including phenoxy) is 2. The predicted molar refractivity (Wildman–Crippen MR) is 86.1 cm³/mol. The Labute approximate surface area is 141 Å². The Kier molecular flexibility index (Phi) is 7.38. The van der Waals surface area contributed by atoms with E-state index in [-0.39, 0.29) is 13.0 Å². The number of amides is 1. The van der Waals surface area contributed by atoms with Crippen molar-refractivity contribution < 1.29 is 29.0 Å². The minimum absolute atomic E-state index is 0.0269. The number of aliphatic hydroxyl groups excluding tert-OH is 1. The van der Waals surface area contributed by atoms with E-state index in [1.54, 1.807) is 45.0 Å². The first-order valence-electron chi connectivity index (χ1n) is 7.54. The van der Waals surface area contributed by atoms with Gasteiger partial charge < -0.3 is 19.9 Å². The lowest BCUT2D eigenvalue weighted by Gasteiger charge is -2.22. The van der Waals surface area contributed by atoms with Crippen molar-refractivity contribution in [3.8, 4) is 0 Å². The largest absolute Gasteiger partial charge is 0.460 e. The third-order valence-corrected chi connectivity index (χ3v) is 2.84. The Bertz CT molecular complexity index is 564. The van der Waals surface area contributed by atoms with Crippen LogP contribution < -0.4 is 5.32 Å². The van der Waals surface area contributed by atoms with Gasteiger partial charge in [-0.05, 0) is 26.3 Å². The van der Waals surface area contributed by atoms with Gasteiger partial charge in [0.1, 0.15) is 24.9 Å². The lowest BCUT2D eigenvalue weighted by atomic mass is 10.1. The van der Waals surface area contributed by atoms with Crippen molar-refractivity contribution in [1.29, 1.82) is 0 Å². The summed E-state index contributed by atoms with van der Waals surface area (Å²) >= 11 is 0. The van der Waals surface area contributed by atoms with Crippen molar-refractivity contribution in [2.45, 2.75) is 45.4 Å². The van der Waals surface area contributed by atoms with Crippen LogP contribution in [0.4, 0.5) is 4.79 Å². The number of hydrogen-bond donors (Lipinski definition) is 2. The molecule has 1 amide bonds. The van der Waals surface area contributed by atoms with Crippen LogP contribution in [0.2, 0.25) is 0 Å². The summed E-state index contributed by atoms with van der Waals surface area (Å²) in [6, 6.07) is 7.80. The average molecular weight is 337 g/mol.